The van der Waals surface area contributed by atoms with Gasteiger partial charge in [0.1, 0.15) is 24.4 Å². The van der Waals surface area contributed by atoms with Gasteiger partial charge in [0, 0.05) is 6.42 Å². The number of allylic oxidation sites excluding steroid dienone is 19. The van der Waals surface area contributed by atoms with E-state index in [0.717, 1.165) is 148 Å². The first-order valence-electron chi connectivity index (χ1n) is 33.3. The van der Waals surface area contributed by atoms with E-state index in [-0.39, 0.29) is 19.4 Å². The van der Waals surface area contributed by atoms with Crippen molar-refractivity contribution in [2.24, 2.45) is 0 Å². The highest BCUT2D eigenvalue weighted by molar-refractivity contribution is 5.80. The summed E-state index contributed by atoms with van der Waals surface area (Å²) in [6.07, 6.45) is 70.8. The maximum atomic E-state index is 13.5. The molecule has 0 saturated carbocycles. The number of aliphatic hydroxyl groups is 5. The third kappa shape index (κ3) is 46.0. The third-order valence-electron chi connectivity index (χ3n) is 14.8. The summed E-state index contributed by atoms with van der Waals surface area (Å²) >= 11 is 0. The molecule has 1 aliphatic heterocycles. The lowest BCUT2D eigenvalue weighted by Gasteiger charge is -2.41. The zero-order chi connectivity index (χ0) is 60.3. The van der Waals surface area contributed by atoms with Crippen LogP contribution in [0.15, 0.2) is 122 Å². The first-order chi connectivity index (χ1) is 40.7. The van der Waals surface area contributed by atoms with Crippen molar-refractivity contribution in [3.63, 3.8) is 0 Å². The van der Waals surface area contributed by atoms with Crippen LogP contribution in [0.5, 0.6) is 0 Å². The number of carbonyl (C=O) groups is 2. The van der Waals surface area contributed by atoms with E-state index >= 15 is 0 Å². The van der Waals surface area contributed by atoms with E-state index in [1.807, 2.05) is 6.08 Å². The van der Waals surface area contributed by atoms with Crippen LogP contribution < -0.4 is 5.32 Å². The first-order valence-corrected chi connectivity index (χ1v) is 33.3. The number of carbonyl (C=O) groups excluding carboxylic acids is 2. The van der Waals surface area contributed by atoms with Gasteiger partial charge in [-0.05, 0) is 116 Å². The Hall–Kier alpha value is -3.94. The van der Waals surface area contributed by atoms with E-state index in [2.05, 4.69) is 135 Å². The highest BCUT2D eigenvalue weighted by Gasteiger charge is 2.47. The molecule has 0 aromatic carbocycles. The molecular weight excluding hydrogens is 1040 g/mol. The first kappa shape index (κ1) is 77.1. The molecule has 8 unspecified atom stereocenters. The molecule has 1 fully saturated rings. The van der Waals surface area contributed by atoms with Crippen molar-refractivity contribution < 1.29 is 49.3 Å². The lowest BCUT2D eigenvalue weighted by atomic mass is 9.99. The number of ether oxygens (including phenoxy) is 3. The summed E-state index contributed by atoms with van der Waals surface area (Å²) in [5.41, 5.74) is 0. The van der Waals surface area contributed by atoms with E-state index in [0.29, 0.717) is 12.8 Å². The largest absolute Gasteiger partial charge is 0.454 e. The van der Waals surface area contributed by atoms with Gasteiger partial charge < -0.3 is 45.1 Å². The van der Waals surface area contributed by atoms with Crippen LogP contribution in [0.25, 0.3) is 0 Å². The minimum absolute atomic E-state index is 0.101. The Morgan fingerprint density at radius 3 is 1.33 bits per heavy atom. The second-order valence-corrected chi connectivity index (χ2v) is 22.5. The summed E-state index contributed by atoms with van der Waals surface area (Å²) < 4.78 is 17.6. The van der Waals surface area contributed by atoms with Crippen LogP contribution in [0.4, 0.5) is 0 Å². The smallest absolute Gasteiger partial charge is 0.306 e. The van der Waals surface area contributed by atoms with Crippen LogP contribution in [-0.2, 0) is 23.8 Å². The summed E-state index contributed by atoms with van der Waals surface area (Å²) in [7, 11) is 0. The Morgan fingerprint density at radius 1 is 0.482 bits per heavy atom. The quantitative estimate of drug-likeness (QED) is 0.0195. The fraction of sp³-hybridized carbons (Fsp3) is 0.694. The van der Waals surface area contributed by atoms with E-state index in [1.165, 1.54) is 64.2 Å². The lowest BCUT2D eigenvalue weighted by Crippen LogP contribution is -2.61. The van der Waals surface area contributed by atoms with Crippen molar-refractivity contribution in [2.45, 2.75) is 307 Å². The molecule has 11 nitrogen and oxygen atoms in total. The van der Waals surface area contributed by atoms with Crippen molar-refractivity contribution in [1.82, 2.24) is 5.32 Å². The molecule has 1 heterocycles. The molecule has 1 saturated heterocycles. The number of amides is 1. The number of unbranched alkanes of at least 4 members (excludes halogenated alkanes) is 23. The van der Waals surface area contributed by atoms with Crippen molar-refractivity contribution in [2.75, 3.05) is 13.2 Å². The number of hydrogen-bond donors (Lipinski definition) is 6. The standard InChI is InChI=1S/C72H121NO10/c1-4-7-10-13-16-19-22-24-26-28-30-31-32-33-34-36-37-39-41-44-47-50-53-56-59-65(76)71(80)73-63(64(75)58-55-52-49-46-43-21-18-15-12-9-6-3)62-81-72-70(69(79)68(78)66(61-74)82-72)83-67(77)60-57-54-51-48-45-42-40-38-35-29-27-25-23-20-17-14-11-8-5-2/h7,10,16-17,19-20,24-27,30-31,33-35,37-39,55,58,63-66,68-70,72,74-76,78-79H,4-6,8-9,11-15,18,21-23,28-29,32,36,40-54,56-57,59-62H2,1-3H3,(H,73,80)/b10-7-,19-16-,20-17-,26-24-,27-25-,31-30-,34-33-,38-35-,39-37-,58-55+. The minimum Gasteiger partial charge on any atom is -0.454 e. The van der Waals surface area contributed by atoms with Gasteiger partial charge in [-0.2, -0.15) is 0 Å². The van der Waals surface area contributed by atoms with Crippen LogP contribution in [0.2, 0.25) is 0 Å². The fourth-order valence-electron chi connectivity index (χ4n) is 9.60. The Balaban J connectivity index is 2.64. The van der Waals surface area contributed by atoms with E-state index in [4.69, 9.17) is 14.2 Å². The van der Waals surface area contributed by atoms with Gasteiger partial charge in [-0.3, -0.25) is 9.59 Å². The van der Waals surface area contributed by atoms with Gasteiger partial charge in [-0.25, -0.2) is 0 Å². The zero-order valence-corrected chi connectivity index (χ0v) is 52.5. The van der Waals surface area contributed by atoms with Gasteiger partial charge in [0.05, 0.1) is 25.4 Å². The Morgan fingerprint density at radius 2 is 0.867 bits per heavy atom. The summed E-state index contributed by atoms with van der Waals surface area (Å²) in [6, 6.07) is -1.04. The Kier molecular flexibility index (Phi) is 54.3. The summed E-state index contributed by atoms with van der Waals surface area (Å²) in [6.45, 7) is 5.62. The number of nitrogens with one attached hydrogen (secondary N) is 1. The molecular formula is C72H121NO10. The van der Waals surface area contributed by atoms with Gasteiger partial charge in [0.25, 0.3) is 0 Å². The molecule has 0 aromatic heterocycles. The van der Waals surface area contributed by atoms with Crippen LogP contribution in [-0.4, -0.2) is 99.6 Å². The Labute approximate surface area is 506 Å². The van der Waals surface area contributed by atoms with E-state index in [9.17, 15) is 35.1 Å². The molecule has 1 amide bonds. The number of aliphatic hydroxyl groups excluding tert-OH is 5. The minimum atomic E-state index is -1.63. The molecule has 11 heteroatoms. The normalized spacial score (nSPS) is 19.3. The number of esters is 1. The topological polar surface area (TPSA) is 175 Å². The maximum Gasteiger partial charge on any atom is 0.306 e. The van der Waals surface area contributed by atoms with E-state index < -0.39 is 67.4 Å². The van der Waals surface area contributed by atoms with Gasteiger partial charge in [-0.15, -0.1) is 0 Å². The molecule has 8 atom stereocenters. The second-order valence-electron chi connectivity index (χ2n) is 22.5. The van der Waals surface area contributed by atoms with Crippen molar-refractivity contribution in [3.8, 4) is 0 Å². The highest BCUT2D eigenvalue weighted by Crippen LogP contribution is 2.26. The summed E-state index contributed by atoms with van der Waals surface area (Å²) in [5.74, 6) is -1.23. The predicted octanol–water partition coefficient (Wildman–Crippen LogP) is 16.6. The molecule has 1 aliphatic rings. The molecule has 474 valence electrons. The fourth-order valence-corrected chi connectivity index (χ4v) is 9.60. The van der Waals surface area contributed by atoms with Crippen molar-refractivity contribution >= 4 is 11.9 Å². The second kappa shape index (κ2) is 58.4. The van der Waals surface area contributed by atoms with E-state index in [1.54, 1.807) is 6.08 Å². The molecule has 6 N–H and O–H groups in total. The SMILES string of the molecule is CC/C=C\C/C=C\C/C=C\C/C=C\C/C=C\C/C=C\CCCCCCCC(O)C(=O)NC(COC1OC(CO)C(O)C(O)C1OC(=O)CCCCCCCC/C=C\C/C=C\C/C=C\CCCCC)C(O)/C=C/CCCCCCCCCCC. The van der Waals surface area contributed by atoms with Crippen LogP contribution >= 0.6 is 0 Å². The molecule has 0 radical (unpaired) electrons. The van der Waals surface area contributed by atoms with Gasteiger partial charge in [0.2, 0.25) is 5.91 Å². The third-order valence-corrected chi connectivity index (χ3v) is 14.8. The average molecular weight is 1160 g/mol. The Bertz CT molecular complexity index is 1810. The van der Waals surface area contributed by atoms with Crippen LogP contribution in [0.3, 0.4) is 0 Å². The predicted molar refractivity (Wildman–Crippen MR) is 347 cm³/mol. The number of hydrogen-bond acceptors (Lipinski definition) is 10. The van der Waals surface area contributed by atoms with Gasteiger partial charge in [0.15, 0.2) is 12.4 Å². The maximum absolute atomic E-state index is 13.5. The molecule has 0 aliphatic carbocycles. The van der Waals surface area contributed by atoms with Crippen LogP contribution in [0, 0.1) is 0 Å². The van der Waals surface area contributed by atoms with Gasteiger partial charge in [-0.1, -0.05) is 258 Å². The summed E-state index contributed by atoms with van der Waals surface area (Å²) in [4.78, 5) is 26.6. The van der Waals surface area contributed by atoms with Gasteiger partial charge >= 0.3 is 5.97 Å². The lowest BCUT2D eigenvalue weighted by molar-refractivity contribution is -0.305. The number of rotatable bonds is 55. The molecule has 0 spiro atoms. The molecule has 83 heavy (non-hydrogen) atoms. The molecule has 0 bridgehead atoms. The summed E-state index contributed by atoms with van der Waals surface area (Å²) in [5, 5.41) is 57.1. The zero-order valence-electron chi connectivity index (χ0n) is 52.5. The highest BCUT2D eigenvalue weighted by atomic mass is 16.7. The van der Waals surface area contributed by atoms with Crippen LogP contribution in [0.1, 0.15) is 258 Å². The average Bonchev–Trinajstić information content (AvgIpc) is 3.52. The van der Waals surface area contributed by atoms with Crippen molar-refractivity contribution in [1.29, 1.82) is 0 Å². The van der Waals surface area contributed by atoms with Crippen molar-refractivity contribution in [3.05, 3.63) is 122 Å². The molecule has 1 rings (SSSR count). The molecule has 0 aromatic rings. The monoisotopic (exact) mass is 1160 g/mol.